The molecule has 0 aliphatic carbocycles. The zero-order chi connectivity index (χ0) is 12.2. The lowest BCUT2D eigenvalue weighted by molar-refractivity contribution is 0.751. The number of H-pyrrole nitrogens is 1. The Bertz CT molecular complexity index is 801. The fourth-order valence-electron chi connectivity index (χ4n) is 2.00. The number of aromatic nitrogens is 3. The molecule has 5 heteroatoms. The van der Waals surface area contributed by atoms with Crippen molar-refractivity contribution in [2.75, 3.05) is 0 Å². The topological polar surface area (TPSA) is 50.7 Å². The minimum Gasteiger partial charge on any atom is -0.294 e. The highest BCUT2D eigenvalue weighted by Gasteiger charge is 2.10. The number of fused-ring (bicyclic) bond motifs is 3. The van der Waals surface area contributed by atoms with E-state index in [1.807, 2.05) is 19.1 Å². The molecule has 4 nitrogen and oxygen atoms in total. The SMILES string of the molecule is Cc1cc2c(cc1Cl)ncc1c(=O)n(C)[nH]c12. The molecular formula is C12H10ClN3O. The van der Waals surface area contributed by atoms with Gasteiger partial charge in [-0.3, -0.25) is 19.6 Å². The molecule has 0 aliphatic rings. The third kappa shape index (κ3) is 1.37. The van der Waals surface area contributed by atoms with E-state index in [1.54, 1.807) is 13.2 Å². The molecule has 0 saturated heterocycles. The molecule has 0 saturated carbocycles. The highest BCUT2D eigenvalue weighted by atomic mass is 35.5. The maximum Gasteiger partial charge on any atom is 0.275 e. The summed E-state index contributed by atoms with van der Waals surface area (Å²) in [4.78, 5) is 16.1. The van der Waals surface area contributed by atoms with Crippen molar-refractivity contribution in [1.82, 2.24) is 14.8 Å². The second-order valence-electron chi connectivity index (χ2n) is 4.14. The van der Waals surface area contributed by atoms with Crippen molar-refractivity contribution in [3.63, 3.8) is 0 Å². The first-order valence-corrected chi connectivity index (χ1v) is 5.59. The normalized spacial score (nSPS) is 11.5. The van der Waals surface area contributed by atoms with Crippen molar-refractivity contribution in [1.29, 1.82) is 0 Å². The maximum atomic E-state index is 11.8. The first-order chi connectivity index (χ1) is 8.08. The Morgan fingerprint density at radius 3 is 2.88 bits per heavy atom. The number of nitrogens with zero attached hydrogens (tertiary/aromatic N) is 2. The molecule has 17 heavy (non-hydrogen) atoms. The molecule has 0 aliphatic heterocycles. The van der Waals surface area contributed by atoms with Crippen LogP contribution in [0.15, 0.2) is 23.1 Å². The Morgan fingerprint density at radius 1 is 1.35 bits per heavy atom. The average Bonchev–Trinajstić information content (AvgIpc) is 2.58. The summed E-state index contributed by atoms with van der Waals surface area (Å²) < 4.78 is 1.45. The van der Waals surface area contributed by atoms with E-state index >= 15 is 0 Å². The molecule has 2 aromatic heterocycles. The van der Waals surface area contributed by atoms with Crippen LogP contribution in [0.5, 0.6) is 0 Å². The fraction of sp³-hybridized carbons (Fsp3) is 0.167. The molecule has 2 heterocycles. The van der Waals surface area contributed by atoms with Crippen LogP contribution < -0.4 is 5.56 Å². The molecule has 0 amide bonds. The number of pyridine rings is 1. The monoisotopic (exact) mass is 247 g/mol. The number of nitrogens with one attached hydrogen (secondary N) is 1. The van der Waals surface area contributed by atoms with Crippen LogP contribution in [0.2, 0.25) is 5.02 Å². The van der Waals surface area contributed by atoms with Crippen molar-refractivity contribution in [3.05, 3.63) is 39.3 Å². The van der Waals surface area contributed by atoms with Crippen LogP contribution in [-0.2, 0) is 7.05 Å². The summed E-state index contributed by atoms with van der Waals surface area (Å²) in [5.74, 6) is 0. The van der Waals surface area contributed by atoms with Crippen LogP contribution in [-0.4, -0.2) is 14.8 Å². The Balaban J connectivity index is 2.59. The van der Waals surface area contributed by atoms with Crippen LogP contribution >= 0.6 is 11.6 Å². The molecule has 0 fully saturated rings. The van der Waals surface area contributed by atoms with Gasteiger partial charge in [-0.1, -0.05) is 11.6 Å². The summed E-state index contributed by atoms with van der Waals surface area (Å²) in [6.07, 6.45) is 1.59. The minimum atomic E-state index is -0.0676. The van der Waals surface area contributed by atoms with Crippen molar-refractivity contribution in [2.45, 2.75) is 6.92 Å². The first-order valence-electron chi connectivity index (χ1n) is 5.21. The zero-order valence-corrected chi connectivity index (χ0v) is 10.2. The summed E-state index contributed by atoms with van der Waals surface area (Å²) in [6, 6.07) is 3.76. The van der Waals surface area contributed by atoms with Gasteiger partial charge in [0, 0.05) is 23.7 Å². The Kier molecular flexibility index (Phi) is 2.03. The average molecular weight is 248 g/mol. The van der Waals surface area contributed by atoms with Gasteiger partial charge in [-0.05, 0) is 24.6 Å². The first kappa shape index (κ1) is 10.4. The van der Waals surface area contributed by atoms with E-state index in [-0.39, 0.29) is 5.56 Å². The molecule has 3 aromatic rings. The number of rotatable bonds is 0. The number of benzene rings is 1. The van der Waals surface area contributed by atoms with E-state index in [4.69, 9.17) is 11.6 Å². The summed E-state index contributed by atoms with van der Waals surface area (Å²) in [5.41, 5.74) is 2.50. The zero-order valence-electron chi connectivity index (χ0n) is 9.41. The highest BCUT2D eigenvalue weighted by molar-refractivity contribution is 6.32. The predicted molar refractivity (Wildman–Crippen MR) is 68.6 cm³/mol. The van der Waals surface area contributed by atoms with Crippen molar-refractivity contribution >= 4 is 33.4 Å². The molecule has 0 bridgehead atoms. The molecule has 0 atom stereocenters. The van der Waals surface area contributed by atoms with Gasteiger partial charge in [-0.15, -0.1) is 0 Å². The largest absolute Gasteiger partial charge is 0.294 e. The predicted octanol–water partition coefficient (Wildman–Crippen LogP) is 2.38. The van der Waals surface area contributed by atoms with Gasteiger partial charge < -0.3 is 0 Å². The van der Waals surface area contributed by atoms with Gasteiger partial charge >= 0.3 is 0 Å². The summed E-state index contributed by atoms with van der Waals surface area (Å²) >= 11 is 6.06. The smallest absolute Gasteiger partial charge is 0.275 e. The lowest BCUT2D eigenvalue weighted by Crippen LogP contribution is -2.11. The van der Waals surface area contributed by atoms with Gasteiger partial charge in [-0.25, -0.2) is 0 Å². The number of hydrogen-bond donors (Lipinski definition) is 1. The Morgan fingerprint density at radius 2 is 2.12 bits per heavy atom. The van der Waals surface area contributed by atoms with E-state index in [1.165, 1.54) is 4.68 Å². The molecule has 1 N–H and O–H groups in total. The lowest BCUT2D eigenvalue weighted by atomic mass is 10.1. The van der Waals surface area contributed by atoms with Gasteiger partial charge in [0.1, 0.15) is 0 Å². The van der Waals surface area contributed by atoms with Crippen molar-refractivity contribution in [3.8, 4) is 0 Å². The van der Waals surface area contributed by atoms with E-state index in [0.29, 0.717) is 10.4 Å². The van der Waals surface area contributed by atoms with E-state index in [2.05, 4.69) is 10.1 Å². The van der Waals surface area contributed by atoms with Gasteiger partial charge in [0.25, 0.3) is 5.56 Å². The maximum absolute atomic E-state index is 11.8. The van der Waals surface area contributed by atoms with Gasteiger partial charge in [0.2, 0.25) is 0 Å². The minimum absolute atomic E-state index is 0.0676. The molecule has 0 spiro atoms. The van der Waals surface area contributed by atoms with Crippen LogP contribution in [0.25, 0.3) is 21.8 Å². The van der Waals surface area contributed by atoms with E-state index < -0.39 is 0 Å². The molecular weight excluding hydrogens is 238 g/mol. The molecule has 3 rings (SSSR count). The molecule has 86 valence electrons. The Hall–Kier alpha value is -1.81. The van der Waals surface area contributed by atoms with E-state index in [0.717, 1.165) is 22.0 Å². The summed E-state index contributed by atoms with van der Waals surface area (Å²) in [7, 11) is 1.69. The lowest BCUT2D eigenvalue weighted by Gasteiger charge is -2.02. The third-order valence-corrected chi connectivity index (χ3v) is 3.37. The molecule has 1 aromatic carbocycles. The quantitative estimate of drug-likeness (QED) is 0.663. The molecule has 0 radical (unpaired) electrons. The third-order valence-electron chi connectivity index (χ3n) is 2.96. The van der Waals surface area contributed by atoms with Crippen LogP contribution in [0.3, 0.4) is 0 Å². The van der Waals surface area contributed by atoms with Crippen LogP contribution in [0, 0.1) is 6.92 Å². The fourth-order valence-corrected chi connectivity index (χ4v) is 2.16. The summed E-state index contributed by atoms with van der Waals surface area (Å²) in [5, 5.41) is 5.24. The van der Waals surface area contributed by atoms with E-state index in [9.17, 15) is 4.79 Å². The van der Waals surface area contributed by atoms with Gasteiger partial charge in [-0.2, -0.15) is 0 Å². The van der Waals surface area contributed by atoms with Gasteiger partial charge in [0.15, 0.2) is 0 Å². The Labute approximate surface area is 102 Å². The second kappa shape index (κ2) is 3.34. The van der Waals surface area contributed by atoms with Crippen LogP contribution in [0.1, 0.15) is 5.56 Å². The van der Waals surface area contributed by atoms with Gasteiger partial charge in [0.05, 0.1) is 16.4 Å². The number of hydrogen-bond acceptors (Lipinski definition) is 2. The standard InChI is InChI=1S/C12H10ClN3O/c1-6-3-7-10(4-9(6)13)14-5-8-11(7)15-16(2)12(8)17/h3-5,15H,1-2H3. The highest BCUT2D eigenvalue weighted by Crippen LogP contribution is 2.25. The van der Waals surface area contributed by atoms with Crippen LogP contribution in [0.4, 0.5) is 0 Å². The number of halogens is 1. The summed E-state index contributed by atoms with van der Waals surface area (Å²) in [6.45, 7) is 1.93. The number of aromatic amines is 1. The van der Waals surface area contributed by atoms with Crippen molar-refractivity contribution < 1.29 is 0 Å². The number of aryl methyl sites for hydroxylation is 2. The molecule has 0 unspecified atom stereocenters. The second-order valence-corrected chi connectivity index (χ2v) is 4.55. The van der Waals surface area contributed by atoms with Crippen molar-refractivity contribution in [2.24, 2.45) is 7.05 Å².